The van der Waals surface area contributed by atoms with Gasteiger partial charge in [-0.25, -0.2) is 0 Å². The molecule has 0 aliphatic carbocycles. The number of aliphatic carboxylic acids is 1. The van der Waals surface area contributed by atoms with Crippen LogP contribution in [0.4, 0.5) is 13.2 Å². The van der Waals surface area contributed by atoms with Gasteiger partial charge in [0.2, 0.25) is 0 Å². The molecule has 0 amide bonds. The van der Waals surface area contributed by atoms with Crippen LogP contribution in [-0.2, 0) is 23.5 Å². The van der Waals surface area contributed by atoms with E-state index in [-0.39, 0.29) is 5.56 Å². The third-order valence-electron chi connectivity index (χ3n) is 7.00. The number of carboxylic acid groups (broad SMARTS) is 1. The molecule has 9 heteroatoms. The Labute approximate surface area is 214 Å². The Kier molecular flexibility index (Phi) is 7.68. The molecule has 2 heterocycles. The molecule has 37 heavy (non-hydrogen) atoms. The number of pyridine rings is 1. The van der Waals surface area contributed by atoms with Crippen LogP contribution >= 0.6 is 0 Å². The SMILES string of the molecule is Cc1cc(CN2CCN(Cc3ccncc3)[C@H](C(=O)O)C2)ccc1-c1ccc(C(C)(O)C(F)(F)F)cc1. The molecule has 3 aromatic rings. The fraction of sp³-hybridized carbons (Fsp3) is 0.357. The molecule has 2 aromatic carbocycles. The fourth-order valence-corrected chi connectivity index (χ4v) is 4.71. The van der Waals surface area contributed by atoms with E-state index in [1.54, 1.807) is 24.5 Å². The highest BCUT2D eigenvalue weighted by molar-refractivity contribution is 5.74. The highest BCUT2D eigenvalue weighted by atomic mass is 19.4. The van der Waals surface area contributed by atoms with Crippen molar-refractivity contribution in [3.63, 3.8) is 0 Å². The van der Waals surface area contributed by atoms with E-state index in [2.05, 4.69) is 9.88 Å². The Hall–Kier alpha value is -3.27. The predicted octanol–water partition coefficient (Wildman–Crippen LogP) is 4.60. The second-order valence-electron chi connectivity index (χ2n) is 9.71. The van der Waals surface area contributed by atoms with Crippen molar-refractivity contribution in [1.82, 2.24) is 14.8 Å². The number of alkyl halides is 3. The molecule has 1 aliphatic heterocycles. The van der Waals surface area contributed by atoms with E-state index in [0.29, 0.717) is 26.2 Å². The van der Waals surface area contributed by atoms with Gasteiger partial charge in [0.15, 0.2) is 5.60 Å². The number of rotatable bonds is 7. The van der Waals surface area contributed by atoms with Gasteiger partial charge >= 0.3 is 12.1 Å². The maximum Gasteiger partial charge on any atom is 0.421 e. The molecule has 196 valence electrons. The number of aliphatic hydroxyl groups is 1. The quantitative estimate of drug-likeness (QED) is 0.481. The number of nitrogens with zero attached hydrogens (tertiary/aromatic N) is 3. The van der Waals surface area contributed by atoms with Crippen molar-refractivity contribution in [2.24, 2.45) is 0 Å². The van der Waals surface area contributed by atoms with Gasteiger partial charge in [-0.1, -0.05) is 42.5 Å². The topological polar surface area (TPSA) is 76.9 Å². The van der Waals surface area contributed by atoms with Crippen LogP contribution in [0.2, 0.25) is 0 Å². The van der Waals surface area contributed by atoms with E-state index in [0.717, 1.165) is 41.3 Å². The zero-order valence-electron chi connectivity index (χ0n) is 20.7. The maximum absolute atomic E-state index is 13.1. The summed E-state index contributed by atoms with van der Waals surface area (Å²) < 4.78 is 39.4. The molecule has 1 saturated heterocycles. The molecule has 6 nitrogen and oxygen atoms in total. The molecular weight excluding hydrogens is 483 g/mol. The number of benzene rings is 2. The Morgan fingerprint density at radius 1 is 1.00 bits per heavy atom. The maximum atomic E-state index is 13.1. The van der Waals surface area contributed by atoms with Crippen molar-refractivity contribution < 1.29 is 28.2 Å². The zero-order valence-corrected chi connectivity index (χ0v) is 20.7. The Morgan fingerprint density at radius 2 is 1.68 bits per heavy atom. The van der Waals surface area contributed by atoms with Crippen LogP contribution in [-0.4, -0.2) is 62.8 Å². The van der Waals surface area contributed by atoms with Crippen molar-refractivity contribution in [3.8, 4) is 11.1 Å². The van der Waals surface area contributed by atoms with E-state index < -0.39 is 23.8 Å². The smallest absolute Gasteiger partial charge is 0.421 e. The number of carbonyl (C=O) groups is 1. The van der Waals surface area contributed by atoms with E-state index in [9.17, 15) is 28.2 Å². The predicted molar refractivity (Wildman–Crippen MR) is 134 cm³/mol. The van der Waals surface area contributed by atoms with E-state index in [1.807, 2.05) is 42.2 Å². The molecule has 1 aromatic heterocycles. The molecule has 0 bridgehead atoms. The number of halogens is 3. The van der Waals surface area contributed by atoms with Gasteiger partial charge in [-0.05, 0) is 59.4 Å². The summed E-state index contributed by atoms with van der Waals surface area (Å²) in [5.41, 5.74) is 1.52. The second-order valence-corrected chi connectivity index (χ2v) is 9.71. The fourth-order valence-electron chi connectivity index (χ4n) is 4.71. The van der Waals surface area contributed by atoms with Crippen LogP contribution < -0.4 is 0 Å². The van der Waals surface area contributed by atoms with Crippen LogP contribution in [0, 0.1) is 6.92 Å². The lowest BCUT2D eigenvalue weighted by Crippen LogP contribution is -2.55. The first-order valence-electron chi connectivity index (χ1n) is 12.0. The average Bonchev–Trinajstić information content (AvgIpc) is 2.85. The molecule has 2 N–H and O–H groups in total. The van der Waals surface area contributed by atoms with Gasteiger partial charge in [0, 0.05) is 45.1 Å². The largest absolute Gasteiger partial charge is 0.480 e. The number of hydrogen-bond acceptors (Lipinski definition) is 5. The van der Waals surface area contributed by atoms with Crippen LogP contribution in [0.5, 0.6) is 0 Å². The minimum atomic E-state index is -4.77. The summed E-state index contributed by atoms with van der Waals surface area (Å²) in [6.07, 6.45) is -1.36. The zero-order chi connectivity index (χ0) is 26.8. The highest BCUT2D eigenvalue weighted by Gasteiger charge is 2.51. The van der Waals surface area contributed by atoms with Gasteiger partial charge in [0.1, 0.15) is 6.04 Å². The van der Waals surface area contributed by atoms with Crippen molar-refractivity contribution in [3.05, 3.63) is 89.2 Å². The lowest BCUT2D eigenvalue weighted by molar-refractivity contribution is -0.258. The Bertz CT molecular complexity index is 1230. The summed E-state index contributed by atoms with van der Waals surface area (Å²) in [7, 11) is 0. The summed E-state index contributed by atoms with van der Waals surface area (Å²) in [4.78, 5) is 20.1. The molecule has 4 rings (SSSR count). The first kappa shape index (κ1) is 26.8. The molecule has 1 unspecified atom stereocenters. The van der Waals surface area contributed by atoms with Crippen LogP contribution in [0.15, 0.2) is 67.0 Å². The van der Waals surface area contributed by atoms with Crippen molar-refractivity contribution in [2.75, 3.05) is 19.6 Å². The average molecular weight is 514 g/mol. The number of piperazine rings is 1. The van der Waals surface area contributed by atoms with Gasteiger partial charge in [-0.3, -0.25) is 19.6 Å². The van der Waals surface area contributed by atoms with Crippen molar-refractivity contribution in [2.45, 2.75) is 44.8 Å². The molecule has 0 spiro atoms. The highest BCUT2D eigenvalue weighted by Crippen LogP contribution is 2.39. The van der Waals surface area contributed by atoms with Gasteiger partial charge in [0.05, 0.1) is 0 Å². The van der Waals surface area contributed by atoms with E-state index in [4.69, 9.17) is 0 Å². The normalized spacial score (nSPS) is 18.9. The first-order chi connectivity index (χ1) is 17.5. The molecule has 0 radical (unpaired) electrons. The summed E-state index contributed by atoms with van der Waals surface area (Å²) in [6, 6.07) is 14.8. The minimum Gasteiger partial charge on any atom is -0.480 e. The molecule has 2 atom stereocenters. The van der Waals surface area contributed by atoms with E-state index in [1.165, 1.54) is 12.1 Å². The van der Waals surface area contributed by atoms with Crippen molar-refractivity contribution >= 4 is 5.97 Å². The first-order valence-corrected chi connectivity index (χ1v) is 12.0. The summed E-state index contributed by atoms with van der Waals surface area (Å²) in [5.74, 6) is -0.849. The van der Waals surface area contributed by atoms with Crippen molar-refractivity contribution in [1.29, 1.82) is 0 Å². The van der Waals surface area contributed by atoms with Gasteiger partial charge in [-0.15, -0.1) is 0 Å². The summed E-state index contributed by atoms with van der Waals surface area (Å²) in [5, 5.41) is 19.7. The number of aromatic nitrogens is 1. The standard InChI is InChI=1S/C28H30F3N3O3/c1-19-15-21(3-8-24(19)22-4-6-23(7-5-22)27(2,37)28(29,30)31)16-33-13-14-34(25(18-33)26(35)36)17-20-9-11-32-12-10-20/h3-12,15,25,37H,13-14,16-18H2,1-2H3,(H,35,36)/t25-,27?/m0/s1. The summed E-state index contributed by atoms with van der Waals surface area (Å²) >= 11 is 0. The van der Waals surface area contributed by atoms with Gasteiger partial charge < -0.3 is 10.2 Å². The molecule has 1 aliphatic rings. The Balaban J connectivity index is 1.43. The Morgan fingerprint density at radius 3 is 2.27 bits per heavy atom. The number of hydrogen-bond donors (Lipinski definition) is 2. The summed E-state index contributed by atoms with van der Waals surface area (Å²) in [6.45, 7) is 5.60. The van der Waals surface area contributed by atoms with Crippen LogP contribution in [0.25, 0.3) is 11.1 Å². The van der Waals surface area contributed by atoms with Gasteiger partial charge in [0.25, 0.3) is 0 Å². The van der Waals surface area contributed by atoms with E-state index >= 15 is 0 Å². The third kappa shape index (κ3) is 6.01. The number of aryl methyl sites for hydroxylation is 1. The monoisotopic (exact) mass is 513 g/mol. The molecule has 0 saturated carbocycles. The second kappa shape index (κ2) is 10.6. The lowest BCUT2D eigenvalue weighted by atomic mass is 9.92. The van der Waals surface area contributed by atoms with Crippen LogP contribution in [0.3, 0.4) is 0 Å². The molecule has 1 fully saturated rings. The molecular formula is C28H30F3N3O3. The number of carboxylic acids is 1. The third-order valence-corrected chi connectivity index (χ3v) is 7.00. The van der Waals surface area contributed by atoms with Gasteiger partial charge in [-0.2, -0.15) is 13.2 Å². The minimum absolute atomic E-state index is 0.214. The van der Waals surface area contributed by atoms with Crippen LogP contribution in [0.1, 0.15) is 29.2 Å². The lowest BCUT2D eigenvalue weighted by Gasteiger charge is -2.39.